The highest BCUT2D eigenvalue weighted by molar-refractivity contribution is 9.24. The van der Waals surface area contributed by atoms with Crippen molar-refractivity contribution in [1.29, 1.82) is 0 Å². The Balaban J connectivity index is 2.18. The molecular formula is C6H15BrSi2. The fourth-order valence-electron chi connectivity index (χ4n) is 1.53. The van der Waals surface area contributed by atoms with Gasteiger partial charge in [-0.05, 0) is 0 Å². The van der Waals surface area contributed by atoms with E-state index >= 15 is 0 Å². The Hall–Kier alpha value is 0.914. The first-order chi connectivity index (χ1) is 4.33. The Morgan fingerprint density at radius 3 is 2.22 bits per heavy atom. The van der Waals surface area contributed by atoms with Gasteiger partial charge in [0.2, 0.25) is 0 Å². The maximum absolute atomic E-state index is 3.81. The standard InChI is InChI=1S/C6H15BrSi2/c1-2-8-3-5-9(7)6-4-8/h8-9H,2-6H2,1H3. The van der Waals surface area contributed by atoms with Gasteiger partial charge >= 0.3 is 0 Å². The Bertz CT molecular complexity index is 79.1. The van der Waals surface area contributed by atoms with E-state index in [0.717, 1.165) is 0 Å². The van der Waals surface area contributed by atoms with Crippen LogP contribution in [0.1, 0.15) is 6.92 Å². The van der Waals surface area contributed by atoms with E-state index < -0.39 is 0 Å². The quantitative estimate of drug-likeness (QED) is 0.473. The normalized spacial score (nSPS) is 36.7. The van der Waals surface area contributed by atoms with E-state index in [1.807, 2.05) is 0 Å². The van der Waals surface area contributed by atoms with Crippen molar-refractivity contribution in [3.8, 4) is 0 Å². The van der Waals surface area contributed by atoms with Crippen LogP contribution in [0, 0.1) is 0 Å². The van der Waals surface area contributed by atoms with Gasteiger partial charge < -0.3 is 0 Å². The molecule has 0 aromatic carbocycles. The van der Waals surface area contributed by atoms with Crippen LogP contribution in [0.2, 0.25) is 30.2 Å². The highest BCUT2D eigenvalue weighted by Crippen LogP contribution is 2.25. The average molecular weight is 223 g/mol. The first-order valence-corrected chi connectivity index (χ1v) is 11.2. The molecule has 9 heavy (non-hydrogen) atoms. The van der Waals surface area contributed by atoms with Crippen LogP contribution in [0.25, 0.3) is 0 Å². The minimum absolute atomic E-state index is 0.139. The molecule has 1 saturated heterocycles. The van der Waals surface area contributed by atoms with Crippen molar-refractivity contribution in [2.24, 2.45) is 0 Å². The molecule has 0 aromatic rings. The summed E-state index contributed by atoms with van der Waals surface area (Å²) in [5.74, 6) is 0. The van der Waals surface area contributed by atoms with Crippen LogP contribution in [-0.4, -0.2) is 16.2 Å². The van der Waals surface area contributed by atoms with Gasteiger partial charge in [0.1, 0.15) is 7.42 Å². The monoisotopic (exact) mass is 222 g/mol. The van der Waals surface area contributed by atoms with Crippen molar-refractivity contribution in [2.45, 2.75) is 37.1 Å². The summed E-state index contributed by atoms with van der Waals surface area (Å²) in [6.07, 6.45) is 0. The van der Waals surface area contributed by atoms with Gasteiger partial charge in [0, 0.05) is 8.80 Å². The third-order valence-electron chi connectivity index (χ3n) is 2.35. The van der Waals surface area contributed by atoms with Gasteiger partial charge in [0.15, 0.2) is 0 Å². The second kappa shape index (κ2) is 3.93. The first kappa shape index (κ1) is 8.01. The molecule has 1 rings (SSSR count). The molecule has 1 aliphatic heterocycles. The van der Waals surface area contributed by atoms with Crippen molar-refractivity contribution < 1.29 is 0 Å². The fourth-order valence-corrected chi connectivity index (χ4v) is 14.3. The molecule has 0 N–H and O–H groups in total. The zero-order valence-corrected chi connectivity index (χ0v) is 9.96. The van der Waals surface area contributed by atoms with Crippen LogP contribution >= 0.6 is 15.3 Å². The Morgan fingerprint density at radius 1 is 1.22 bits per heavy atom. The Morgan fingerprint density at radius 2 is 1.78 bits per heavy atom. The van der Waals surface area contributed by atoms with Crippen molar-refractivity contribution in [3.63, 3.8) is 0 Å². The second-order valence-corrected chi connectivity index (χ2v) is 13.0. The molecule has 0 atom stereocenters. The molecule has 0 bridgehead atoms. The summed E-state index contributed by atoms with van der Waals surface area (Å²) in [4.78, 5) is 0. The molecule has 0 radical (unpaired) electrons. The molecule has 0 unspecified atom stereocenters. The average Bonchev–Trinajstić information content (AvgIpc) is 1.90. The molecule has 0 aliphatic carbocycles. The molecule has 1 fully saturated rings. The maximum atomic E-state index is 3.81. The summed E-state index contributed by atoms with van der Waals surface area (Å²) in [6, 6.07) is 8.06. The zero-order chi connectivity index (χ0) is 6.69. The van der Waals surface area contributed by atoms with Crippen LogP contribution in [0.5, 0.6) is 0 Å². The lowest BCUT2D eigenvalue weighted by Gasteiger charge is -2.21. The molecule has 0 spiro atoms. The molecule has 1 heterocycles. The van der Waals surface area contributed by atoms with Gasteiger partial charge in [-0.3, -0.25) is 0 Å². The van der Waals surface area contributed by atoms with E-state index in [-0.39, 0.29) is 16.2 Å². The summed E-state index contributed by atoms with van der Waals surface area (Å²) < 4.78 is 0. The molecule has 0 nitrogen and oxygen atoms in total. The summed E-state index contributed by atoms with van der Waals surface area (Å²) in [6.45, 7) is 2.38. The van der Waals surface area contributed by atoms with Crippen LogP contribution in [-0.2, 0) is 0 Å². The fraction of sp³-hybridized carbons (Fsp3) is 1.00. The maximum Gasteiger partial charge on any atom is 0.114 e. The van der Waals surface area contributed by atoms with E-state index in [0.29, 0.717) is 0 Å². The second-order valence-electron chi connectivity index (χ2n) is 3.03. The molecule has 1 aliphatic rings. The van der Waals surface area contributed by atoms with Gasteiger partial charge in [0.05, 0.1) is 0 Å². The van der Waals surface area contributed by atoms with Crippen LogP contribution in [0.4, 0.5) is 0 Å². The van der Waals surface area contributed by atoms with E-state index in [2.05, 4.69) is 22.2 Å². The summed E-state index contributed by atoms with van der Waals surface area (Å²) >= 11 is 3.81. The van der Waals surface area contributed by atoms with Crippen molar-refractivity contribution in [1.82, 2.24) is 0 Å². The lowest BCUT2D eigenvalue weighted by atomic mass is 10.9. The third kappa shape index (κ3) is 2.55. The smallest absolute Gasteiger partial charge is 0.114 e. The minimum atomic E-state index is -0.300. The summed E-state index contributed by atoms with van der Waals surface area (Å²) in [5.41, 5.74) is 0. The van der Waals surface area contributed by atoms with E-state index in [4.69, 9.17) is 0 Å². The molecule has 0 saturated carbocycles. The highest BCUT2D eigenvalue weighted by atomic mass is 79.9. The number of hydrogen-bond acceptors (Lipinski definition) is 0. The van der Waals surface area contributed by atoms with E-state index in [1.54, 1.807) is 30.2 Å². The van der Waals surface area contributed by atoms with Gasteiger partial charge in [-0.25, -0.2) is 0 Å². The van der Waals surface area contributed by atoms with Crippen LogP contribution in [0.3, 0.4) is 0 Å². The lowest BCUT2D eigenvalue weighted by molar-refractivity contribution is 1.16. The van der Waals surface area contributed by atoms with Crippen molar-refractivity contribution in [3.05, 3.63) is 0 Å². The lowest BCUT2D eigenvalue weighted by Crippen LogP contribution is -2.21. The molecule has 3 heteroatoms. The van der Waals surface area contributed by atoms with E-state index in [9.17, 15) is 0 Å². The Labute approximate surface area is 68.8 Å². The predicted molar refractivity (Wildman–Crippen MR) is 52.9 cm³/mol. The summed E-state index contributed by atoms with van der Waals surface area (Å²) in [5, 5.41) is 0. The number of halogens is 1. The van der Waals surface area contributed by atoms with Crippen LogP contribution < -0.4 is 0 Å². The van der Waals surface area contributed by atoms with Gasteiger partial charge in [0.25, 0.3) is 0 Å². The molecular weight excluding hydrogens is 208 g/mol. The largest absolute Gasteiger partial charge is 0.131 e. The predicted octanol–water partition coefficient (Wildman–Crippen LogP) is 2.37. The van der Waals surface area contributed by atoms with E-state index in [1.165, 1.54) is 0 Å². The van der Waals surface area contributed by atoms with Gasteiger partial charge in [-0.1, -0.05) is 37.1 Å². The molecule has 0 aromatic heterocycles. The number of hydrogen-bond donors (Lipinski definition) is 0. The van der Waals surface area contributed by atoms with Gasteiger partial charge in [-0.2, -0.15) is 0 Å². The minimum Gasteiger partial charge on any atom is -0.131 e. The van der Waals surface area contributed by atoms with Crippen LogP contribution in [0.15, 0.2) is 0 Å². The summed E-state index contributed by atoms with van der Waals surface area (Å²) in [7, 11) is -0.439. The molecule has 54 valence electrons. The SMILES string of the molecule is CC[SiH]1CC[SiH](Br)CC1. The zero-order valence-electron chi connectivity index (χ0n) is 6.07. The highest BCUT2D eigenvalue weighted by Gasteiger charge is 2.19. The van der Waals surface area contributed by atoms with Gasteiger partial charge in [-0.15, -0.1) is 15.3 Å². The first-order valence-electron chi connectivity index (χ1n) is 3.97. The van der Waals surface area contributed by atoms with Crippen molar-refractivity contribution >= 4 is 31.5 Å². The number of rotatable bonds is 1. The van der Waals surface area contributed by atoms with Crippen molar-refractivity contribution in [2.75, 3.05) is 0 Å². The molecule has 0 amide bonds. The third-order valence-corrected chi connectivity index (χ3v) is 11.8. The Kier molecular flexibility index (Phi) is 3.50. The topological polar surface area (TPSA) is 0 Å².